The molecule has 0 spiro atoms. The second kappa shape index (κ2) is 6.22. The molecule has 0 radical (unpaired) electrons. The summed E-state index contributed by atoms with van der Waals surface area (Å²) in [6.45, 7) is 7.46. The number of likely N-dealkylation sites (tertiary alicyclic amines) is 1. The van der Waals surface area contributed by atoms with E-state index in [2.05, 4.69) is 34.8 Å². The molecule has 1 N–H and O–H groups in total. The number of rotatable bonds is 2. The zero-order chi connectivity index (χ0) is 14.8. The van der Waals surface area contributed by atoms with Crippen LogP contribution in [-0.2, 0) is 0 Å². The van der Waals surface area contributed by atoms with Crippen LogP contribution in [0.2, 0.25) is 0 Å². The minimum Gasteiger partial charge on any atom is -0.340 e. The highest BCUT2D eigenvalue weighted by Gasteiger charge is 2.31. The van der Waals surface area contributed by atoms with E-state index in [0.29, 0.717) is 18.0 Å². The maximum atomic E-state index is 13.0. The molecular formula is C17H27N3O. The van der Waals surface area contributed by atoms with Gasteiger partial charge in [-0.1, -0.05) is 6.92 Å². The van der Waals surface area contributed by atoms with E-state index in [1.165, 1.54) is 6.42 Å². The quantitative estimate of drug-likeness (QED) is 0.909. The van der Waals surface area contributed by atoms with E-state index < -0.39 is 0 Å². The molecule has 0 aromatic carbocycles. The second-order valence-corrected chi connectivity index (χ2v) is 6.64. The van der Waals surface area contributed by atoms with Gasteiger partial charge in [-0.3, -0.25) is 4.79 Å². The maximum Gasteiger partial charge on any atom is 0.270 e. The summed E-state index contributed by atoms with van der Waals surface area (Å²) in [7, 11) is 0. The maximum absolute atomic E-state index is 13.0. The first kappa shape index (κ1) is 14.6. The topological polar surface area (TPSA) is 37.3 Å². The van der Waals surface area contributed by atoms with Crippen molar-refractivity contribution in [3.8, 4) is 0 Å². The predicted molar refractivity (Wildman–Crippen MR) is 84.5 cm³/mol. The molecule has 21 heavy (non-hydrogen) atoms. The summed E-state index contributed by atoms with van der Waals surface area (Å²) in [4.78, 5) is 15.1. The first-order valence-corrected chi connectivity index (χ1v) is 8.37. The lowest BCUT2D eigenvalue weighted by Gasteiger charge is -2.38. The van der Waals surface area contributed by atoms with E-state index in [4.69, 9.17) is 0 Å². The lowest BCUT2D eigenvalue weighted by molar-refractivity contribution is 0.0536. The summed E-state index contributed by atoms with van der Waals surface area (Å²) >= 11 is 0. The van der Waals surface area contributed by atoms with Crippen molar-refractivity contribution in [2.75, 3.05) is 19.6 Å². The number of piperidine rings is 2. The Labute approximate surface area is 127 Å². The van der Waals surface area contributed by atoms with E-state index in [-0.39, 0.29) is 5.91 Å². The van der Waals surface area contributed by atoms with Crippen molar-refractivity contribution < 1.29 is 4.79 Å². The van der Waals surface area contributed by atoms with Crippen LogP contribution >= 0.6 is 0 Å². The van der Waals surface area contributed by atoms with Gasteiger partial charge in [0, 0.05) is 24.8 Å². The molecule has 2 aliphatic rings. The average Bonchev–Trinajstić information content (AvgIpc) is 3.00. The molecule has 2 saturated heterocycles. The van der Waals surface area contributed by atoms with Crippen molar-refractivity contribution >= 4 is 5.91 Å². The van der Waals surface area contributed by atoms with Crippen LogP contribution in [-0.4, -0.2) is 41.1 Å². The Kier molecular flexibility index (Phi) is 4.34. The number of amides is 1. The van der Waals surface area contributed by atoms with E-state index >= 15 is 0 Å². The molecule has 4 heteroatoms. The lowest BCUT2D eigenvalue weighted by Crippen LogP contribution is -2.46. The van der Waals surface area contributed by atoms with E-state index in [0.717, 1.165) is 44.6 Å². The highest BCUT2D eigenvalue weighted by molar-refractivity contribution is 5.93. The van der Waals surface area contributed by atoms with Crippen LogP contribution in [0.25, 0.3) is 0 Å². The smallest absolute Gasteiger partial charge is 0.270 e. The van der Waals surface area contributed by atoms with Crippen molar-refractivity contribution in [1.29, 1.82) is 0 Å². The van der Waals surface area contributed by atoms with Gasteiger partial charge in [-0.25, -0.2) is 0 Å². The molecule has 116 valence electrons. The largest absolute Gasteiger partial charge is 0.340 e. The highest BCUT2D eigenvalue weighted by Crippen LogP contribution is 2.27. The summed E-state index contributed by atoms with van der Waals surface area (Å²) in [6, 6.07) is 4.84. The molecule has 2 aliphatic heterocycles. The predicted octanol–water partition coefficient (Wildman–Crippen LogP) is 2.67. The van der Waals surface area contributed by atoms with Gasteiger partial charge in [0.05, 0.1) is 0 Å². The molecule has 1 aromatic heterocycles. The van der Waals surface area contributed by atoms with Crippen LogP contribution < -0.4 is 5.32 Å². The van der Waals surface area contributed by atoms with Crippen LogP contribution in [0, 0.1) is 5.92 Å². The number of nitrogens with one attached hydrogen (secondary N) is 1. The molecule has 1 aromatic rings. The van der Waals surface area contributed by atoms with Gasteiger partial charge < -0.3 is 14.8 Å². The van der Waals surface area contributed by atoms with Crippen LogP contribution in [0.4, 0.5) is 0 Å². The molecule has 0 bridgehead atoms. The first-order chi connectivity index (χ1) is 10.2. The zero-order valence-electron chi connectivity index (χ0n) is 13.2. The third-order valence-corrected chi connectivity index (χ3v) is 5.33. The lowest BCUT2D eigenvalue weighted by atomic mass is 9.92. The molecule has 2 unspecified atom stereocenters. The van der Waals surface area contributed by atoms with Crippen molar-refractivity contribution in [3.05, 3.63) is 24.0 Å². The standard InChI is InChI=1S/C17H27N3O/c1-13-5-3-11-19(14(13)2)17(21)16-6-4-12-20(16)15-7-9-18-10-8-15/h4,6,12-15,18H,3,5,7-11H2,1-2H3. The molecule has 2 fully saturated rings. The summed E-state index contributed by atoms with van der Waals surface area (Å²) in [5.74, 6) is 0.822. The molecule has 0 saturated carbocycles. The summed E-state index contributed by atoms with van der Waals surface area (Å²) in [5.41, 5.74) is 0.878. The minimum absolute atomic E-state index is 0.220. The Morgan fingerprint density at radius 2 is 2.00 bits per heavy atom. The molecular weight excluding hydrogens is 262 g/mol. The zero-order valence-corrected chi connectivity index (χ0v) is 13.2. The Hall–Kier alpha value is -1.29. The van der Waals surface area contributed by atoms with Gasteiger partial charge in [-0.05, 0) is 63.7 Å². The highest BCUT2D eigenvalue weighted by atomic mass is 16.2. The monoisotopic (exact) mass is 289 g/mol. The van der Waals surface area contributed by atoms with E-state index in [1.54, 1.807) is 0 Å². The normalized spacial score (nSPS) is 27.8. The van der Waals surface area contributed by atoms with Crippen LogP contribution in [0.15, 0.2) is 18.3 Å². The number of aromatic nitrogens is 1. The molecule has 0 aliphatic carbocycles. The molecule has 3 heterocycles. The van der Waals surface area contributed by atoms with Crippen molar-refractivity contribution in [2.24, 2.45) is 5.92 Å². The summed E-state index contributed by atoms with van der Waals surface area (Å²) < 4.78 is 2.22. The molecule has 1 amide bonds. The Bertz CT molecular complexity index is 490. The van der Waals surface area contributed by atoms with Crippen LogP contribution in [0.3, 0.4) is 0 Å². The van der Waals surface area contributed by atoms with Gasteiger partial charge in [0.2, 0.25) is 0 Å². The Balaban J connectivity index is 1.80. The Morgan fingerprint density at radius 1 is 1.24 bits per heavy atom. The number of carbonyl (C=O) groups is 1. The number of nitrogens with zero attached hydrogens (tertiary/aromatic N) is 2. The van der Waals surface area contributed by atoms with Gasteiger partial charge in [-0.15, -0.1) is 0 Å². The minimum atomic E-state index is 0.220. The van der Waals surface area contributed by atoms with Crippen LogP contribution in [0.5, 0.6) is 0 Å². The first-order valence-electron chi connectivity index (χ1n) is 8.37. The van der Waals surface area contributed by atoms with E-state index in [1.807, 2.05) is 12.1 Å². The Morgan fingerprint density at radius 3 is 2.76 bits per heavy atom. The fourth-order valence-corrected chi connectivity index (χ4v) is 3.75. The van der Waals surface area contributed by atoms with Crippen molar-refractivity contribution in [2.45, 2.75) is 51.6 Å². The average molecular weight is 289 g/mol. The summed E-state index contributed by atoms with van der Waals surface area (Å²) in [6.07, 6.45) is 6.68. The van der Waals surface area contributed by atoms with Gasteiger partial charge in [0.1, 0.15) is 5.69 Å². The fraction of sp³-hybridized carbons (Fsp3) is 0.706. The van der Waals surface area contributed by atoms with Crippen molar-refractivity contribution in [3.63, 3.8) is 0 Å². The van der Waals surface area contributed by atoms with Crippen molar-refractivity contribution in [1.82, 2.24) is 14.8 Å². The van der Waals surface area contributed by atoms with E-state index in [9.17, 15) is 4.79 Å². The van der Waals surface area contributed by atoms with Gasteiger partial charge in [0.25, 0.3) is 5.91 Å². The third kappa shape index (κ3) is 2.86. The molecule has 4 nitrogen and oxygen atoms in total. The summed E-state index contributed by atoms with van der Waals surface area (Å²) in [5, 5.41) is 3.39. The fourth-order valence-electron chi connectivity index (χ4n) is 3.75. The molecule has 3 rings (SSSR count). The van der Waals surface area contributed by atoms with Gasteiger partial charge >= 0.3 is 0 Å². The third-order valence-electron chi connectivity index (χ3n) is 5.33. The number of hydrogen-bond donors (Lipinski definition) is 1. The van der Waals surface area contributed by atoms with Gasteiger partial charge in [-0.2, -0.15) is 0 Å². The second-order valence-electron chi connectivity index (χ2n) is 6.64. The SMILES string of the molecule is CC1CCCN(C(=O)c2cccn2C2CCNCC2)C1C. The number of carbonyl (C=O) groups excluding carboxylic acids is 1. The molecule has 2 atom stereocenters. The van der Waals surface area contributed by atoms with Crippen LogP contribution in [0.1, 0.15) is 56.1 Å². The van der Waals surface area contributed by atoms with Gasteiger partial charge in [0.15, 0.2) is 0 Å². The number of hydrogen-bond acceptors (Lipinski definition) is 2.